The number of aryl methyl sites for hydroxylation is 1. The van der Waals surface area contributed by atoms with Gasteiger partial charge in [-0.25, -0.2) is 12.4 Å². The maximum atomic E-state index is 13.3. The van der Waals surface area contributed by atoms with Gasteiger partial charge in [0.15, 0.2) is 0 Å². The van der Waals surface area contributed by atoms with Crippen LogP contribution in [0.3, 0.4) is 0 Å². The van der Waals surface area contributed by atoms with E-state index in [0.29, 0.717) is 5.52 Å². The lowest BCUT2D eigenvalue weighted by Gasteiger charge is -2.16. The van der Waals surface area contributed by atoms with E-state index < -0.39 is 10.0 Å². The zero-order valence-electron chi connectivity index (χ0n) is 17.8. The Kier molecular flexibility index (Phi) is 5.23. The highest BCUT2D eigenvalue weighted by Gasteiger charge is 2.20. The Hall–Kier alpha value is -3.51. The van der Waals surface area contributed by atoms with Crippen LogP contribution < -0.4 is 0 Å². The number of pyridine rings is 1. The number of aromatic nitrogens is 2. The van der Waals surface area contributed by atoms with Gasteiger partial charge in [-0.3, -0.25) is 9.98 Å². The van der Waals surface area contributed by atoms with Crippen LogP contribution in [0.25, 0.3) is 17.0 Å². The molecule has 4 aromatic rings. The smallest absolute Gasteiger partial charge is 0.268 e. The average molecular weight is 442 g/mol. The van der Waals surface area contributed by atoms with Crippen molar-refractivity contribution in [1.82, 2.24) is 8.96 Å². The average Bonchev–Trinajstić information content (AvgIpc) is 3.27. The van der Waals surface area contributed by atoms with Gasteiger partial charge in [0.25, 0.3) is 10.0 Å². The molecule has 2 aromatic carbocycles. The highest BCUT2D eigenvalue weighted by molar-refractivity contribution is 7.90. The van der Waals surface area contributed by atoms with Crippen LogP contribution in [0.2, 0.25) is 0 Å². The number of nitrogens with zero attached hydrogens (tertiary/aromatic N) is 3. The molecule has 6 heteroatoms. The summed E-state index contributed by atoms with van der Waals surface area (Å²) in [4.78, 5) is 9.27. The van der Waals surface area contributed by atoms with Gasteiger partial charge >= 0.3 is 0 Å². The van der Waals surface area contributed by atoms with Gasteiger partial charge in [0.2, 0.25) is 0 Å². The van der Waals surface area contributed by atoms with Crippen molar-refractivity contribution in [3.05, 3.63) is 102 Å². The molecule has 2 aromatic heterocycles. The van der Waals surface area contributed by atoms with Crippen molar-refractivity contribution in [2.75, 3.05) is 6.54 Å². The summed E-state index contributed by atoms with van der Waals surface area (Å²) in [5.74, 6) is 0. The lowest BCUT2D eigenvalue weighted by atomic mass is 9.94. The fourth-order valence-electron chi connectivity index (χ4n) is 4.11. The zero-order chi connectivity index (χ0) is 22.1. The van der Waals surface area contributed by atoms with Crippen LogP contribution in [0.5, 0.6) is 0 Å². The predicted molar refractivity (Wildman–Crippen MR) is 129 cm³/mol. The molecular formula is C26H23N3O2S. The number of aliphatic imine (C=N–C) groups is 1. The second-order valence-electron chi connectivity index (χ2n) is 7.95. The van der Waals surface area contributed by atoms with Crippen LogP contribution in [0.15, 0.2) is 94.7 Å². The molecule has 160 valence electrons. The zero-order valence-corrected chi connectivity index (χ0v) is 18.6. The normalized spacial score (nSPS) is 15.8. The molecule has 5 rings (SSSR count). The van der Waals surface area contributed by atoms with Gasteiger partial charge in [-0.15, -0.1) is 0 Å². The van der Waals surface area contributed by atoms with Crippen LogP contribution in [0.1, 0.15) is 29.5 Å². The van der Waals surface area contributed by atoms with Crippen molar-refractivity contribution in [2.45, 2.75) is 24.7 Å². The minimum atomic E-state index is -3.68. The maximum Gasteiger partial charge on any atom is 0.268 e. The molecule has 0 saturated carbocycles. The Labute approximate surface area is 187 Å². The topological polar surface area (TPSA) is 64.3 Å². The summed E-state index contributed by atoms with van der Waals surface area (Å²) in [7, 11) is -3.68. The van der Waals surface area contributed by atoms with E-state index >= 15 is 0 Å². The molecular weight excluding hydrogens is 418 g/mol. The first-order valence-corrected chi connectivity index (χ1v) is 12.1. The second kappa shape index (κ2) is 8.20. The molecule has 0 spiro atoms. The van der Waals surface area contributed by atoms with Crippen LogP contribution in [0.4, 0.5) is 0 Å². The first-order valence-electron chi connectivity index (χ1n) is 10.6. The Morgan fingerprint density at radius 1 is 1.00 bits per heavy atom. The first kappa shape index (κ1) is 20.4. The number of hydrogen-bond acceptors (Lipinski definition) is 4. The molecule has 0 N–H and O–H groups in total. The standard InChI is InChI=1S/C26H23N3O2S/c1-19-9-11-23(12-10-19)32(30,31)29-16-13-24-20(5-2-8-25(24)29)17-21-6-4-15-28-26(21)22-7-3-14-27-18-22/h2-3,5,7-14,16-18H,4,6,15H2,1H3. The van der Waals surface area contributed by atoms with Crippen molar-refractivity contribution in [3.63, 3.8) is 0 Å². The van der Waals surface area contributed by atoms with Crippen LogP contribution in [-0.2, 0) is 10.0 Å². The van der Waals surface area contributed by atoms with Crippen molar-refractivity contribution < 1.29 is 8.42 Å². The molecule has 1 aliphatic rings. The Bertz CT molecular complexity index is 1450. The van der Waals surface area contributed by atoms with Gasteiger partial charge in [-0.05, 0) is 73.4 Å². The quantitative estimate of drug-likeness (QED) is 0.435. The predicted octanol–water partition coefficient (Wildman–Crippen LogP) is 5.25. The molecule has 0 bridgehead atoms. The van der Waals surface area contributed by atoms with Crippen molar-refractivity contribution in [2.24, 2.45) is 4.99 Å². The van der Waals surface area contributed by atoms with Gasteiger partial charge in [0.05, 0.1) is 16.1 Å². The third-order valence-corrected chi connectivity index (χ3v) is 7.46. The molecule has 32 heavy (non-hydrogen) atoms. The summed E-state index contributed by atoms with van der Waals surface area (Å²) in [6.07, 6.45) is 9.29. The van der Waals surface area contributed by atoms with Crippen molar-refractivity contribution in [3.8, 4) is 0 Å². The SMILES string of the molecule is Cc1ccc(S(=O)(=O)n2ccc3c(C=C4CCCN=C4c4cccnc4)cccc32)cc1. The second-order valence-corrected chi connectivity index (χ2v) is 9.77. The van der Waals surface area contributed by atoms with E-state index in [1.54, 1.807) is 24.5 Å². The van der Waals surface area contributed by atoms with E-state index in [9.17, 15) is 8.42 Å². The van der Waals surface area contributed by atoms with E-state index in [2.05, 4.69) is 11.1 Å². The molecule has 3 heterocycles. The van der Waals surface area contributed by atoms with E-state index in [0.717, 1.165) is 52.7 Å². The fourth-order valence-corrected chi connectivity index (χ4v) is 5.46. The van der Waals surface area contributed by atoms with Gasteiger partial charge in [0.1, 0.15) is 0 Å². The summed E-state index contributed by atoms with van der Waals surface area (Å²) >= 11 is 0. The molecule has 0 amide bonds. The lowest BCUT2D eigenvalue weighted by molar-refractivity contribution is 0.589. The maximum absolute atomic E-state index is 13.3. The van der Waals surface area contributed by atoms with Gasteiger partial charge in [-0.2, -0.15) is 0 Å². The molecule has 5 nitrogen and oxygen atoms in total. The van der Waals surface area contributed by atoms with Crippen LogP contribution in [0, 0.1) is 6.92 Å². The molecule has 0 aliphatic carbocycles. The number of rotatable bonds is 4. The summed E-state index contributed by atoms with van der Waals surface area (Å²) in [5.41, 5.74) is 5.78. The summed E-state index contributed by atoms with van der Waals surface area (Å²) in [6, 6.07) is 18.5. The summed E-state index contributed by atoms with van der Waals surface area (Å²) in [5, 5.41) is 0.895. The van der Waals surface area contributed by atoms with E-state index in [1.165, 1.54) is 3.97 Å². The molecule has 1 aliphatic heterocycles. The minimum absolute atomic E-state index is 0.280. The number of hydrogen-bond donors (Lipinski definition) is 0. The number of benzene rings is 2. The summed E-state index contributed by atoms with van der Waals surface area (Å²) < 4.78 is 27.9. The molecule has 0 fully saturated rings. The Morgan fingerprint density at radius 3 is 2.62 bits per heavy atom. The molecule has 0 atom stereocenters. The molecule has 0 unspecified atom stereocenters. The number of allylic oxidation sites excluding steroid dienone is 1. The van der Waals surface area contributed by atoms with E-state index in [1.807, 2.05) is 61.7 Å². The fraction of sp³-hybridized carbons (Fsp3) is 0.154. The van der Waals surface area contributed by atoms with E-state index in [-0.39, 0.29) is 4.90 Å². The van der Waals surface area contributed by atoms with Gasteiger partial charge in [-0.1, -0.05) is 29.8 Å². The van der Waals surface area contributed by atoms with Crippen molar-refractivity contribution >= 4 is 32.7 Å². The lowest BCUT2D eigenvalue weighted by Crippen LogP contribution is -2.12. The molecule has 0 radical (unpaired) electrons. The van der Waals surface area contributed by atoms with Crippen LogP contribution in [-0.4, -0.2) is 29.6 Å². The van der Waals surface area contributed by atoms with Crippen molar-refractivity contribution in [1.29, 1.82) is 0 Å². The third kappa shape index (κ3) is 3.67. The largest absolute Gasteiger partial charge is 0.284 e. The van der Waals surface area contributed by atoms with Gasteiger partial charge in [0, 0.05) is 36.1 Å². The van der Waals surface area contributed by atoms with Crippen LogP contribution >= 0.6 is 0 Å². The minimum Gasteiger partial charge on any atom is -0.284 e. The highest BCUT2D eigenvalue weighted by atomic mass is 32.2. The molecule has 0 saturated heterocycles. The monoisotopic (exact) mass is 441 g/mol. The Balaban J connectivity index is 1.60. The third-order valence-electron chi connectivity index (χ3n) is 5.75. The highest BCUT2D eigenvalue weighted by Crippen LogP contribution is 2.29. The summed E-state index contributed by atoms with van der Waals surface area (Å²) in [6.45, 7) is 2.74. The van der Waals surface area contributed by atoms with E-state index in [4.69, 9.17) is 4.99 Å². The van der Waals surface area contributed by atoms with Gasteiger partial charge < -0.3 is 0 Å². The number of fused-ring (bicyclic) bond motifs is 1. The first-order chi connectivity index (χ1) is 15.5. The Morgan fingerprint density at radius 2 is 1.84 bits per heavy atom.